The van der Waals surface area contributed by atoms with Crippen LogP contribution in [0.25, 0.3) is 0 Å². The zero-order valence-corrected chi connectivity index (χ0v) is 11.1. The van der Waals surface area contributed by atoms with E-state index in [2.05, 4.69) is 10.00 Å². The van der Waals surface area contributed by atoms with E-state index in [1.807, 2.05) is 20.2 Å². The molecule has 5 heteroatoms. The van der Waals surface area contributed by atoms with Crippen LogP contribution in [0.15, 0.2) is 6.20 Å². The van der Waals surface area contributed by atoms with Crippen LogP contribution in [-0.2, 0) is 18.3 Å². The number of carbonyl (C=O) groups is 1. The molecule has 1 saturated heterocycles. The number of hydrogen-bond donors (Lipinski definition) is 1. The summed E-state index contributed by atoms with van der Waals surface area (Å²) in [6.45, 7) is 3.75. The van der Waals surface area contributed by atoms with Crippen LogP contribution in [0, 0.1) is 0 Å². The van der Waals surface area contributed by atoms with Crippen molar-refractivity contribution in [2.24, 2.45) is 7.05 Å². The van der Waals surface area contributed by atoms with E-state index in [9.17, 15) is 9.90 Å². The molecule has 5 nitrogen and oxygen atoms in total. The van der Waals surface area contributed by atoms with Crippen LogP contribution in [0.1, 0.15) is 43.5 Å². The van der Waals surface area contributed by atoms with Crippen LogP contribution >= 0.6 is 0 Å². The van der Waals surface area contributed by atoms with Crippen molar-refractivity contribution in [1.29, 1.82) is 0 Å². The summed E-state index contributed by atoms with van der Waals surface area (Å²) < 4.78 is 1.72. The summed E-state index contributed by atoms with van der Waals surface area (Å²) in [4.78, 5) is 13.7. The molecule has 2 rings (SSSR count). The second-order valence-corrected chi connectivity index (χ2v) is 4.90. The van der Waals surface area contributed by atoms with Gasteiger partial charge in [-0.2, -0.15) is 5.10 Å². The van der Waals surface area contributed by atoms with Gasteiger partial charge in [-0.05, 0) is 32.4 Å². The molecule has 0 amide bonds. The van der Waals surface area contributed by atoms with Crippen LogP contribution in [0.2, 0.25) is 0 Å². The lowest BCUT2D eigenvalue weighted by atomic mass is 10.0. The summed E-state index contributed by atoms with van der Waals surface area (Å²) in [5.41, 5.74) is 1.75. The maximum absolute atomic E-state index is 11.6. The summed E-state index contributed by atoms with van der Waals surface area (Å²) in [6, 6.07) is -0.533. The number of piperidine rings is 1. The average molecular weight is 251 g/mol. The molecule has 1 aromatic rings. The fraction of sp³-hybridized carbons (Fsp3) is 0.692. The third kappa shape index (κ3) is 2.56. The molecule has 1 aliphatic heterocycles. The first kappa shape index (κ1) is 13.1. The van der Waals surface area contributed by atoms with Gasteiger partial charge < -0.3 is 5.11 Å². The average Bonchev–Trinajstić information content (AvgIpc) is 2.71. The third-order valence-corrected chi connectivity index (χ3v) is 3.56. The predicted octanol–water partition coefficient (Wildman–Crippen LogP) is 1.59. The largest absolute Gasteiger partial charge is 0.480 e. The van der Waals surface area contributed by atoms with E-state index in [0.717, 1.165) is 43.6 Å². The SMILES string of the molecule is CCc1nn(C)cc1C(C(=O)O)N1CCCCC1. The summed E-state index contributed by atoms with van der Waals surface area (Å²) >= 11 is 0. The Morgan fingerprint density at radius 2 is 2.11 bits per heavy atom. The third-order valence-electron chi connectivity index (χ3n) is 3.56. The van der Waals surface area contributed by atoms with Crippen molar-refractivity contribution in [3.63, 3.8) is 0 Å². The number of carboxylic acids is 1. The van der Waals surface area contributed by atoms with E-state index in [1.165, 1.54) is 6.42 Å². The minimum absolute atomic E-state index is 0.533. The van der Waals surface area contributed by atoms with Crippen LogP contribution in [-0.4, -0.2) is 38.8 Å². The highest BCUT2D eigenvalue weighted by molar-refractivity contribution is 5.75. The van der Waals surface area contributed by atoms with Gasteiger partial charge in [-0.1, -0.05) is 13.3 Å². The normalized spacial score (nSPS) is 18.8. The van der Waals surface area contributed by atoms with Crippen molar-refractivity contribution in [3.8, 4) is 0 Å². The van der Waals surface area contributed by atoms with Crippen molar-refractivity contribution in [2.75, 3.05) is 13.1 Å². The van der Waals surface area contributed by atoms with E-state index < -0.39 is 12.0 Å². The molecule has 0 spiro atoms. The Kier molecular flexibility index (Phi) is 4.01. The van der Waals surface area contributed by atoms with Gasteiger partial charge >= 0.3 is 5.97 Å². The fourth-order valence-electron chi connectivity index (χ4n) is 2.72. The second-order valence-electron chi connectivity index (χ2n) is 4.90. The van der Waals surface area contributed by atoms with Gasteiger partial charge in [-0.15, -0.1) is 0 Å². The number of aliphatic carboxylic acids is 1. The smallest absolute Gasteiger partial charge is 0.325 e. The van der Waals surface area contributed by atoms with E-state index >= 15 is 0 Å². The lowest BCUT2D eigenvalue weighted by Crippen LogP contribution is -2.38. The number of carboxylic acid groups (broad SMARTS) is 1. The number of aryl methyl sites for hydroxylation is 2. The molecule has 1 fully saturated rings. The number of rotatable bonds is 4. The molecule has 0 saturated carbocycles. The molecule has 18 heavy (non-hydrogen) atoms. The molecule has 0 radical (unpaired) electrons. The molecule has 0 aromatic carbocycles. The standard InChI is InChI=1S/C13H21N3O2/c1-3-11-10(9-15(2)14-11)12(13(17)18)16-7-5-4-6-8-16/h9,12H,3-8H2,1-2H3,(H,17,18). The van der Waals surface area contributed by atoms with Gasteiger partial charge in [0.2, 0.25) is 0 Å². The first-order valence-corrected chi connectivity index (χ1v) is 6.62. The minimum Gasteiger partial charge on any atom is -0.480 e. The van der Waals surface area contributed by atoms with Crippen LogP contribution in [0.4, 0.5) is 0 Å². The molecular weight excluding hydrogens is 230 g/mol. The summed E-state index contributed by atoms with van der Waals surface area (Å²) in [7, 11) is 1.85. The van der Waals surface area contributed by atoms with E-state index in [1.54, 1.807) is 4.68 Å². The minimum atomic E-state index is -0.764. The van der Waals surface area contributed by atoms with Crippen molar-refractivity contribution in [1.82, 2.24) is 14.7 Å². The molecule has 2 heterocycles. The van der Waals surface area contributed by atoms with Gasteiger partial charge in [-0.25, -0.2) is 0 Å². The fourth-order valence-corrected chi connectivity index (χ4v) is 2.72. The Hall–Kier alpha value is -1.36. The van der Waals surface area contributed by atoms with Gasteiger partial charge in [0, 0.05) is 18.8 Å². The van der Waals surface area contributed by atoms with E-state index in [4.69, 9.17) is 0 Å². The Labute approximate surface area is 107 Å². The highest BCUT2D eigenvalue weighted by Crippen LogP contribution is 2.27. The lowest BCUT2D eigenvalue weighted by Gasteiger charge is -2.31. The molecule has 100 valence electrons. The van der Waals surface area contributed by atoms with Crippen molar-refractivity contribution in [3.05, 3.63) is 17.5 Å². The van der Waals surface area contributed by atoms with Crippen LogP contribution in [0.3, 0.4) is 0 Å². The van der Waals surface area contributed by atoms with Crippen LogP contribution < -0.4 is 0 Å². The summed E-state index contributed by atoms with van der Waals surface area (Å²) in [5, 5.41) is 13.9. The Balaban J connectivity index is 2.31. The zero-order valence-electron chi connectivity index (χ0n) is 11.1. The highest BCUT2D eigenvalue weighted by Gasteiger charge is 2.31. The van der Waals surface area contributed by atoms with Crippen molar-refractivity contribution in [2.45, 2.75) is 38.6 Å². The molecule has 0 aliphatic carbocycles. The molecule has 1 aliphatic rings. The zero-order chi connectivity index (χ0) is 13.1. The number of hydrogen-bond acceptors (Lipinski definition) is 3. The van der Waals surface area contributed by atoms with Gasteiger partial charge in [0.05, 0.1) is 5.69 Å². The monoisotopic (exact) mass is 251 g/mol. The molecule has 1 aromatic heterocycles. The first-order valence-electron chi connectivity index (χ1n) is 6.62. The van der Waals surface area contributed by atoms with Gasteiger partial charge in [0.25, 0.3) is 0 Å². The van der Waals surface area contributed by atoms with Crippen LogP contribution in [0.5, 0.6) is 0 Å². The van der Waals surface area contributed by atoms with Gasteiger partial charge in [0.1, 0.15) is 6.04 Å². The molecule has 1 atom stereocenters. The lowest BCUT2D eigenvalue weighted by molar-refractivity contribution is -0.144. The predicted molar refractivity (Wildman–Crippen MR) is 68.4 cm³/mol. The number of aromatic nitrogens is 2. The molecular formula is C13H21N3O2. The van der Waals surface area contributed by atoms with Crippen molar-refractivity contribution < 1.29 is 9.90 Å². The summed E-state index contributed by atoms with van der Waals surface area (Å²) in [5.74, 6) is -0.764. The molecule has 0 bridgehead atoms. The number of nitrogens with zero attached hydrogens (tertiary/aromatic N) is 3. The van der Waals surface area contributed by atoms with Gasteiger partial charge in [-0.3, -0.25) is 14.4 Å². The number of likely N-dealkylation sites (tertiary alicyclic amines) is 1. The first-order chi connectivity index (χ1) is 8.63. The second kappa shape index (κ2) is 5.52. The maximum atomic E-state index is 11.6. The summed E-state index contributed by atoms with van der Waals surface area (Å²) in [6.07, 6.45) is 6.01. The molecule has 1 unspecified atom stereocenters. The quantitative estimate of drug-likeness (QED) is 0.883. The molecule has 1 N–H and O–H groups in total. The topological polar surface area (TPSA) is 58.4 Å². The van der Waals surface area contributed by atoms with E-state index in [-0.39, 0.29) is 0 Å². The Morgan fingerprint density at radius 3 is 2.67 bits per heavy atom. The maximum Gasteiger partial charge on any atom is 0.325 e. The Bertz CT molecular complexity index is 422. The highest BCUT2D eigenvalue weighted by atomic mass is 16.4. The van der Waals surface area contributed by atoms with Crippen molar-refractivity contribution >= 4 is 5.97 Å². The van der Waals surface area contributed by atoms with Gasteiger partial charge in [0.15, 0.2) is 0 Å². The van der Waals surface area contributed by atoms with E-state index in [0.29, 0.717) is 0 Å². The Morgan fingerprint density at radius 1 is 1.44 bits per heavy atom.